The molecule has 4 N–H and O–H groups in total. The largest absolute Gasteiger partial charge is 0.582 e. The monoisotopic (exact) mass is 891 g/mol. The summed E-state index contributed by atoms with van der Waals surface area (Å²) in [5, 5.41) is 28.7. The van der Waals surface area contributed by atoms with E-state index in [9.17, 15) is 10.2 Å². The first kappa shape index (κ1) is 42.1. The minimum Gasteiger partial charge on any atom is -0.582 e. The molecule has 0 spiro atoms. The third-order valence-corrected chi connectivity index (χ3v) is 11.4. The smallest absolute Gasteiger partial charge is 0.262 e. The van der Waals surface area contributed by atoms with Crippen LogP contribution in [0.25, 0.3) is 77.2 Å². The molecule has 0 atom stereocenters. The second-order valence-corrected chi connectivity index (χ2v) is 15.3. The van der Waals surface area contributed by atoms with Crippen LogP contribution in [-0.4, -0.2) is 42.0 Å². The number of benzene rings is 8. The Balaban J connectivity index is 0.00000174. The van der Waals surface area contributed by atoms with Crippen LogP contribution in [0.15, 0.2) is 170 Å². The van der Waals surface area contributed by atoms with E-state index in [0.29, 0.717) is 13.2 Å². The number of aromatic nitrogens is 2. The first-order valence-electron chi connectivity index (χ1n) is 20.8. The number of hydrogen-bond acceptors (Lipinski definition) is 2. The Hall–Kier alpha value is -6.56. The zero-order valence-corrected chi connectivity index (χ0v) is 37.6. The maximum Gasteiger partial charge on any atom is 0.262 e. The Morgan fingerprint density at radius 3 is 1.08 bits per heavy atom. The summed E-state index contributed by atoms with van der Waals surface area (Å²) < 4.78 is 14.4. The van der Waals surface area contributed by atoms with Crippen LogP contribution < -0.4 is 0 Å². The van der Waals surface area contributed by atoms with Crippen LogP contribution in [0.5, 0.6) is 23.0 Å². The Bertz CT molecular complexity index is 2900. The van der Waals surface area contributed by atoms with E-state index < -0.39 is 0 Å². The van der Waals surface area contributed by atoms with Crippen LogP contribution in [0.2, 0.25) is 0 Å². The molecule has 0 fully saturated rings. The van der Waals surface area contributed by atoms with Crippen molar-refractivity contribution in [2.45, 2.75) is 27.2 Å². The summed E-state index contributed by atoms with van der Waals surface area (Å²) in [6, 6.07) is 57.6. The van der Waals surface area contributed by atoms with Crippen molar-refractivity contribution in [3.63, 3.8) is 0 Å². The van der Waals surface area contributed by atoms with Crippen molar-refractivity contribution in [1.29, 1.82) is 0 Å². The fourth-order valence-corrected chi connectivity index (χ4v) is 8.78. The van der Waals surface area contributed by atoms with E-state index in [1.165, 1.54) is 0 Å². The van der Waals surface area contributed by atoms with Crippen LogP contribution >= 0.6 is 0 Å². The fourth-order valence-electron chi connectivity index (χ4n) is 8.78. The third kappa shape index (κ3) is 7.56. The molecule has 10 rings (SSSR count). The number of hydrogen-bond donors (Lipinski definition) is 2. The van der Waals surface area contributed by atoms with Gasteiger partial charge in [-0.1, -0.05) is 97.1 Å². The topological polar surface area (TPSA) is 75.9 Å². The van der Waals surface area contributed by atoms with Crippen molar-refractivity contribution in [1.82, 2.24) is 9.13 Å². The van der Waals surface area contributed by atoms with Crippen molar-refractivity contribution in [3.8, 4) is 56.6 Å². The van der Waals surface area contributed by atoms with E-state index in [0.717, 1.165) is 106 Å². The minimum absolute atomic E-state index is 0. The number of ether oxygens (including phenoxy) is 2. The Kier molecular flexibility index (Phi) is 12.4. The molecule has 0 aliphatic heterocycles. The molecule has 7 heteroatoms. The van der Waals surface area contributed by atoms with Gasteiger partial charge in [0.1, 0.15) is 17.9 Å². The van der Waals surface area contributed by atoms with Gasteiger partial charge in [-0.25, -0.2) is 0 Å². The Labute approximate surface area is 381 Å². The molecule has 0 amide bonds. The molecule has 2 heterocycles. The zero-order valence-electron chi connectivity index (χ0n) is 35.2. The summed E-state index contributed by atoms with van der Waals surface area (Å²) in [6.45, 7) is 10.3. The van der Waals surface area contributed by atoms with Crippen LogP contribution in [0.3, 0.4) is 0 Å². The first-order chi connectivity index (χ1) is 30.0. The molecule has 0 saturated heterocycles. The number of para-hydroxylation sites is 6. The number of aliphatic hydroxyl groups is 2. The average molecular weight is 893 g/mol. The van der Waals surface area contributed by atoms with Crippen molar-refractivity contribution >= 4 is 43.6 Å². The summed E-state index contributed by atoms with van der Waals surface area (Å²) in [6.07, 6.45) is 0.724. The predicted molar refractivity (Wildman–Crippen MR) is 254 cm³/mol. The Morgan fingerprint density at radius 2 is 0.726 bits per heavy atom. The molecular formula is C55H49N2O4Zr+. The molecule has 0 saturated carbocycles. The van der Waals surface area contributed by atoms with Crippen LogP contribution in [-0.2, 0) is 26.2 Å². The van der Waals surface area contributed by atoms with Gasteiger partial charge in [0.15, 0.2) is 13.2 Å². The minimum atomic E-state index is 0. The average Bonchev–Trinajstić information content (AvgIpc) is 3.82. The fraction of sp³-hybridized carbons (Fsp3) is 0.109. The zero-order chi connectivity index (χ0) is 42.0. The summed E-state index contributed by atoms with van der Waals surface area (Å²) in [7, 11) is 0. The van der Waals surface area contributed by atoms with Gasteiger partial charge in [0.25, 0.3) is 11.5 Å². The van der Waals surface area contributed by atoms with Crippen LogP contribution in [0.4, 0.5) is 0 Å². The van der Waals surface area contributed by atoms with Crippen LogP contribution in [0, 0.1) is 20.8 Å². The Morgan fingerprint density at radius 1 is 0.419 bits per heavy atom. The molecule has 0 unspecified atom stereocenters. The van der Waals surface area contributed by atoms with E-state index in [4.69, 9.17) is 9.47 Å². The van der Waals surface area contributed by atoms with E-state index in [2.05, 4.69) is 115 Å². The molecule has 306 valence electrons. The maximum atomic E-state index is 12.0. The van der Waals surface area contributed by atoms with Crippen molar-refractivity contribution < 1.29 is 45.9 Å². The molecule has 0 radical (unpaired) electrons. The molecule has 0 bridgehead atoms. The van der Waals surface area contributed by atoms with Gasteiger partial charge in [-0.05, 0) is 85.6 Å². The molecular weight excluding hydrogens is 844 g/mol. The van der Waals surface area contributed by atoms with Crippen LogP contribution in [0.1, 0.15) is 24.5 Å². The SMILES string of the molecule is Cc1cc(-c2ccccc2[OH+]CCC[OH+]c2ccccc2-c2cc(C)cc(-n3c4ccccc4c4ccccc43)c2O)c(O)c(-n2c3ccccc3c3ccccc32)c1.[CH2-]C.[Zr]. The summed E-state index contributed by atoms with van der Waals surface area (Å²) in [5.74, 6) is 2.09. The molecule has 10 aromatic rings. The standard InChI is InChI=1S/C53H42N2O4.C2H5.Zr/c1-34-30-42(52(56)48(32-34)54-44-22-9-3-16-36(44)37-17-4-10-23-45(37)54)40-20-7-13-26-50(40)58-28-15-29-59-51-27-14-8-21-41(51)43-31-35(2)33-49(53(43)57)55-46-24-11-5-18-38(46)39-19-6-12-25-47(39)55;1-2;/h3-14,16-27,30-33,56-57H,15,28-29H2,1-2H3;1H2,2H3;/q;-1;/p+2. The predicted octanol–water partition coefficient (Wildman–Crippen LogP) is 13.7. The van der Waals surface area contributed by atoms with Gasteiger partial charge in [-0.3, -0.25) is 0 Å². The molecule has 8 aromatic carbocycles. The number of fused-ring (bicyclic) bond motifs is 6. The van der Waals surface area contributed by atoms with Gasteiger partial charge in [0, 0.05) is 71.0 Å². The number of rotatable bonds is 10. The molecule has 2 aromatic heterocycles. The van der Waals surface area contributed by atoms with Gasteiger partial charge >= 0.3 is 0 Å². The number of nitrogens with zero attached hydrogens (tertiary/aromatic N) is 2. The number of aryl methyl sites for hydroxylation is 2. The number of aromatic hydroxyl groups is 4. The number of phenols is 2. The molecule has 0 aliphatic rings. The second-order valence-electron chi connectivity index (χ2n) is 15.3. The molecule has 62 heavy (non-hydrogen) atoms. The molecule has 0 aliphatic carbocycles. The quantitative estimate of drug-likeness (QED) is 0.0815. The maximum absolute atomic E-state index is 12.0. The summed E-state index contributed by atoms with van der Waals surface area (Å²) in [4.78, 5) is 0. The number of phenolic OH excluding ortho intramolecular Hbond substituents is 2. The van der Waals surface area contributed by atoms with Gasteiger partial charge < -0.3 is 35.7 Å². The van der Waals surface area contributed by atoms with E-state index >= 15 is 0 Å². The van der Waals surface area contributed by atoms with E-state index in [1.54, 1.807) is 6.92 Å². The van der Waals surface area contributed by atoms with E-state index in [-0.39, 0.29) is 37.7 Å². The van der Waals surface area contributed by atoms with Gasteiger partial charge in [-0.15, -0.1) is 0 Å². The van der Waals surface area contributed by atoms with E-state index in [1.807, 2.05) is 84.9 Å². The van der Waals surface area contributed by atoms with Crippen molar-refractivity contribution in [2.24, 2.45) is 0 Å². The van der Waals surface area contributed by atoms with Gasteiger partial charge in [-0.2, -0.15) is 6.92 Å². The van der Waals surface area contributed by atoms with Gasteiger partial charge in [0.2, 0.25) is 0 Å². The first-order valence-corrected chi connectivity index (χ1v) is 20.8. The normalized spacial score (nSPS) is 11.1. The van der Waals surface area contributed by atoms with Gasteiger partial charge in [0.05, 0.1) is 44.6 Å². The summed E-state index contributed by atoms with van der Waals surface area (Å²) >= 11 is 0. The van der Waals surface area contributed by atoms with Crippen molar-refractivity contribution in [2.75, 3.05) is 13.2 Å². The summed E-state index contributed by atoms with van der Waals surface area (Å²) in [5.41, 5.74) is 11.0. The third-order valence-electron chi connectivity index (χ3n) is 11.4. The second kappa shape index (κ2) is 18.2. The molecule has 6 nitrogen and oxygen atoms in total. The van der Waals surface area contributed by atoms with Crippen molar-refractivity contribution in [3.05, 3.63) is 188 Å².